The topological polar surface area (TPSA) is 55.5 Å². The highest BCUT2D eigenvalue weighted by Gasteiger charge is 2.14. The standard InChI is InChI=1S/C11H17NO2/c1-6-5-9(14-4)7(2)8(3)10(6)11(12)13/h5,11,13H,12H2,1-4H3. The van der Waals surface area contributed by atoms with Gasteiger partial charge in [0.2, 0.25) is 0 Å². The van der Waals surface area contributed by atoms with Crippen LogP contribution in [0.5, 0.6) is 5.75 Å². The SMILES string of the molecule is COc1cc(C)c(C(N)O)c(C)c1C. The van der Waals surface area contributed by atoms with Gasteiger partial charge in [-0.15, -0.1) is 0 Å². The molecule has 0 saturated heterocycles. The molecular weight excluding hydrogens is 178 g/mol. The number of aliphatic hydroxyl groups excluding tert-OH is 1. The van der Waals surface area contributed by atoms with Crippen molar-refractivity contribution in [2.75, 3.05) is 7.11 Å². The van der Waals surface area contributed by atoms with Crippen LogP contribution >= 0.6 is 0 Å². The van der Waals surface area contributed by atoms with Crippen molar-refractivity contribution < 1.29 is 9.84 Å². The van der Waals surface area contributed by atoms with Crippen molar-refractivity contribution in [3.63, 3.8) is 0 Å². The van der Waals surface area contributed by atoms with E-state index < -0.39 is 6.23 Å². The molecule has 3 N–H and O–H groups in total. The number of hydrogen-bond donors (Lipinski definition) is 2. The fourth-order valence-electron chi connectivity index (χ4n) is 1.73. The Hall–Kier alpha value is -1.06. The highest BCUT2D eigenvalue weighted by molar-refractivity contribution is 5.48. The van der Waals surface area contributed by atoms with E-state index in [1.165, 1.54) is 0 Å². The van der Waals surface area contributed by atoms with Crippen LogP contribution < -0.4 is 10.5 Å². The molecule has 3 nitrogen and oxygen atoms in total. The molecule has 1 aromatic carbocycles. The van der Waals surface area contributed by atoms with E-state index in [9.17, 15) is 5.11 Å². The van der Waals surface area contributed by atoms with Gasteiger partial charge < -0.3 is 15.6 Å². The molecule has 0 heterocycles. The van der Waals surface area contributed by atoms with E-state index in [0.29, 0.717) is 0 Å². The monoisotopic (exact) mass is 195 g/mol. The Kier molecular flexibility index (Phi) is 3.13. The van der Waals surface area contributed by atoms with Crippen LogP contribution in [0.3, 0.4) is 0 Å². The number of hydrogen-bond acceptors (Lipinski definition) is 3. The summed E-state index contributed by atoms with van der Waals surface area (Å²) in [4.78, 5) is 0. The van der Waals surface area contributed by atoms with Gasteiger partial charge in [0.25, 0.3) is 0 Å². The second-order valence-electron chi connectivity index (χ2n) is 3.50. The predicted molar refractivity (Wildman–Crippen MR) is 56.4 cm³/mol. The smallest absolute Gasteiger partial charge is 0.129 e. The van der Waals surface area contributed by atoms with Gasteiger partial charge in [0.05, 0.1) is 7.11 Å². The lowest BCUT2D eigenvalue weighted by Crippen LogP contribution is -2.13. The minimum atomic E-state index is -0.917. The van der Waals surface area contributed by atoms with Gasteiger partial charge in [-0.2, -0.15) is 0 Å². The Bertz CT molecular complexity index is 346. The second-order valence-corrected chi connectivity index (χ2v) is 3.50. The summed E-state index contributed by atoms with van der Waals surface area (Å²) in [7, 11) is 1.64. The summed E-state index contributed by atoms with van der Waals surface area (Å²) in [5, 5.41) is 9.41. The fourth-order valence-corrected chi connectivity index (χ4v) is 1.73. The van der Waals surface area contributed by atoms with Crippen molar-refractivity contribution in [1.82, 2.24) is 0 Å². The molecule has 1 unspecified atom stereocenters. The van der Waals surface area contributed by atoms with Gasteiger partial charge in [0.1, 0.15) is 12.0 Å². The third-order valence-electron chi connectivity index (χ3n) is 2.62. The van der Waals surface area contributed by atoms with Gasteiger partial charge in [-0.25, -0.2) is 0 Å². The van der Waals surface area contributed by atoms with E-state index in [2.05, 4.69) is 0 Å². The minimum Gasteiger partial charge on any atom is -0.496 e. The number of benzene rings is 1. The maximum atomic E-state index is 9.41. The van der Waals surface area contributed by atoms with E-state index in [1.807, 2.05) is 26.8 Å². The number of ether oxygens (including phenoxy) is 1. The first-order valence-corrected chi connectivity index (χ1v) is 4.57. The summed E-state index contributed by atoms with van der Waals surface area (Å²) < 4.78 is 5.22. The summed E-state index contributed by atoms with van der Waals surface area (Å²) in [6.45, 7) is 5.82. The second kappa shape index (κ2) is 3.98. The van der Waals surface area contributed by atoms with Crippen molar-refractivity contribution in [3.05, 3.63) is 28.3 Å². The molecular formula is C11H17NO2. The van der Waals surface area contributed by atoms with Crippen LogP contribution in [0.15, 0.2) is 6.07 Å². The van der Waals surface area contributed by atoms with Crippen molar-refractivity contribution in [2.45, 2.75) is 27.0 Å². The van der Waals surface area contributed by atoms with Gasteiger partial charge in [0.15, 0.2) is 0 Å². The van der Waals surface area contributed by atoms with Crippen LogP contribution in [0.25, 0.3) is 0 Å². The molecule has 3 heteroatoms. The molecule has 0 aliphatic heterocycles. The van der Waals surface area contributed by atoms with E-state index in [1.54, 1.807) is 7.11 Å². The Balaban J connectivity index is 3.41. The van der Waals surface area contributed by atoms with Crippen molar-refractivity contribution >= 4 is 0 Å². The quantitative estimate of drug-likeness (QED) is 0.704. The maximum absolute atomic E-state index is 9.41. The van der Waals surface area contributed by atoms with Crippen LogP contribution in [0.2, 0.25) is 0 Å². The number of aryl methyl sites for hydroxylation is 1. The van der Waals surface area contributed by atoms with E-state index in [4.69, 9.17) is 10.5 Å². The van der Waals surface area contributed by atoms with Gasteiger partial charge in [-0.1, -0.05) is 0 Å². The lowest BCUT2D eigenvalue weighted by atomic mass is 9.96. The largest absolute Gasteiger partial charge is 0.496 e. The number of methoxy groups -OCH3 is 1. The van der Waals surface area contributed by atoms with Gasteiger partial charge in [0, 0.05) is 5.56 Å². The Morgan fingerprint density at radius 3 is 2.29 bits per heavy atom. The van der Waals surface area contributed by atoms with E-state index >= 15 is 0 Å². The maximum Gasteiger partial charge on any atom is 0.129 e. The Morgan fingerprint density at radius 1 is 1.29 bits per heavy atom. The zero-order chi connectivity index (χ0) is 10.9. The number of aliphatic hydroxyl groups is 1. The molecule has 0 spiro atoms. The predicted octanol–water partition coefficient (Wildman–Crippen LogP) is 1.57. The summed E-state index contributed by atoms with van der Waals surface area (Å²) in [6.07, 6.45) is -0.917. The molecule has 1 atom stereocenters. The first-order valence-electron chi connectivity index (χ1n) is 4.57. The van der Waals surface area contributed by atoms with Crippen LogP contribution in [0.1, 0.15) is 28.5 Å². The summed E-state index contributed by atoms with van der Waals surface area (Å²) in [5.41, 5.74) is 9.27. The van der Waals surface area contributed by atoms with Gasteiger partial charge >= 0.3 is 0 Å². The third-order valence-corrected chi connectivity index (χ3v) is 2.62. The summed E-state index contributed by atoms with van der Waals surface area (Å²) in [6, 6.07) is 1.90. The van der Waals surface area contributed by atoms with Crippen LogP contribution in [0.4, 0.5) is 0 Å². The minimum absolute atomic E-state index is 0.795. The van der Waals surface area contributed by atoms with Crippen LogP contribution in [-0.4, -0.2) is 12.2 Å². The van der Waals surface area contributed by atoms with Crippen molar-refractivity contribution in [3.8, 4) is 5.75 Å². The van der Waals surface area contributed by atoms with Gasteiger partial charge in [-0.3, -0.25) is 0 Å². The fraction of sp³-hybridized carbons (Fsp3) is 0.455. The highest BCUT2D eigenvalue weighted by Crippen LogP contribution is 2.29. The molecule has 0 aliphatic carbocycles. The molecule has 0 radical (unpaired) electrons. The Morgan fingerprint density at radius 2 is 1.86 bits per heavy atom. The molecule has 14 heavy (non-hydrogen) atoms. The molecule has 0 fully saturated rings. The first-order chi connectivity index (χ1) is 6.49. The zero-order valence-corrected chi connectivity index (χ0v) is 9.09. The molecule has 1 rings (SSSR count). The zero-order valence-electron chi connectivity index (χ0n) is 9.09. The van der Waals surface area contributed by atoms with Gasteiger partial charge in [-0.05, 0) is 43.5 Å². The van der Waals surface area contributed by atoms with Crippen LogP contribution in [0, 0.1) is 20.8 Å². The van der Waals surface area contributed by atoms with Crippen molar-refractivity contribution in [2.24, 2.45) is 5.73 Å². The molecule has 0 saturated carbocycles. The number of rotatable bonds is 2. The molecule has 78 valence electrons. The molecule has 1 aromatic rings. The average Bonchev–Trinajstić information content (AvgIpc) is 2.10. The first kappa shape index (κ1) is 11.0. The van der Waals surface area contributed by atoms with Crippen LogP contribution in [-0.2, 0) is 0 Å². The third kappa shape index (κ3) is 1.74. The average molecular weight is 195 g/mol. The van der Waals surface area contributed by atoms with Crippen molar-refractivity contribution in [1.29, 1.82) is 0 Å². The highest BCUT2D eigenvalue weighted by atomic mass is 16.5. The molecule has 0 amide bonds. The molecule has 0 aromatic heterocycles. The normalized spacial score (nSPS) is 12.7. The lowest BCUT2D eigenvalue weighted by molar-refractivity contribution is 0.184. The molecule has 0 bridgehead atoms. The lowest BCUT2D eigenvalue weighted by Gasteiger charge is -2.17. The molecule has 0 aliphatic rings. The van der Waals surface area contributed by atoms with E-state index in [-0.39, 0.29) is 0 Å². The summed E-state index contributed by atoms with van der Waals surface area (Å²) in [5.74, 6) is 0.837. The summed E-state index contributed by atoms with van der Waals surface area (Å²) >= 11 is 0. The number of nitrogens with two attached hydrogens (primary N) is 1. The van der Waals surface area contributed by atoms with E-state index in [0.717, 1.165) is 28.0 Å². The Labute approximate surface area is 84.5 Å².